The number of ether oxygens (including phenoxy) is 1. The Bertz CT molecular complexity index is 525. The molecule has 1 rings (SSSR count). The molecule has 1 aromatic rings. The highest BCUT2D eigenvalue weighted by atomic mass is 16.5. The predicted octanol–water partition coefficient (Wildman–Crippen LogP) is 4.20. The number of amides is 1. The average molecular weight is 301 g/mol. The first kappa shape index (κ1) is 19.7. The first-order chi connectivity index (χ1) is 10.5. The van der Waals surface area contributed by atoms with Crippen molar-refractivity contribution in [2.45, 2.75) is 34.1 Å². The Morgan fingerprint density at radius 2 is 1.86 bits per heavy atom. The summed E-state index contributed by atoms with van der Waals surface area (Å²) in [6.07, 6.45) is 6.16. The molecule has 0 aromatic heterocycles. The van der Waals surface area contributed by atoms with Crippen molar-refractivity contribution in [3.05, 3.63) is 65.8 Å². The smallest absolute Gasteiger partial charge is 0.221 e. The Hall–Kier alpha value is -2.29. The van der Waals surface area contributed by atoms with E-state index in [0.29, 0.717) is 6.61 Å². The van der Waals surface area contributed by atoms with Crippen LogP contribution in [-0.4, -0.2) is 12.5 Å². The van der Waals surface area contributed by atoms with Gasteiger partial charge in [0.05, 0.1) is 6.42 Å². The average Bonchev–Trinajstić information content (AvgIpc) is 2.50. The van der Waals surface area contributed by atoms with E-state index >= 15 is 0 Å². The second-order valence-electron chi connectivity index (χ2n) is 4.57. The first-order valence-corrected chi connectivity index (χ1v) is 7.50. The molecule has 22 heavy (non-hydrogen) atoms. The van der Waals surface area contributed by atoms with Crippen molar-refractivity contribution < 1.29 is 9.53 Å². The molecule has 0 radical (unpaired) electrons. The van der Waals surface area contributed by atoms with Gasteiger partial charge < -0.3 is 10.5 Å². The van der Waals surface area contributed by atoms with Crippen LogP contribution < -0.4 is 10.5 Å². The van der Waals surface area contributed by atoms with E-state index in [1.165, 1.54) is 0 Å². The zero-order chi connectivity index (χ0) is 17.0. The van der Waals surface area contributed by atoms with Gasteiger partial charge in [0.25, 0.3) is 0 Å². The highest BCUT2D eigenvalue weighted by Gasteiger charge is 2.01. The Morgan fingerprint density at radius 1 is 1.27 bits per heavy atom. The molecule has 1 aromatic carbocycles. The molecule has 0 aliphatic heterocycles. The van der Waals surface area contributed by atoms with Crippen LogP contribution in [0.15, 0.2) is 60.2 Å². The number of rotatable bonds is 7. The van der Waals surface area contributed by atoms with E-state index in [9.17, 15) is 4.79 Å². The summed E-state index contributed by atoms with van der Waals surface area (Å²) in [5.74, 6) is 0.420. The fourth-order valence-electron chi connectivity index (χ4n) is 1.59. The van der Waals surface area contributed by atoms with E-state index in [0.717, 1.165) is 22.5 Å². The quantitative estimate of drug-likeness (QED) is 0.767. The summed E-state index contributed by atoms with van der Waals surface area (Å²) in [5, 5.41) is 0. The Balaban J connectivity index is 0.00000211. The molecule has 0 aliphatic rings. The van der Waals surface area contributed by atoms with Crippen LogP contribution >= 0.6 is 0 Å². The number of carbonyl (C=O) groups is 1. The van der Waals surface area contributed by atoms with Crippen LogP contribution in [0.25, 0.3) is 0 Å². The minimum absolute atomic E-state index is 0.249. The summed E-state index contributed by atoms with van der Waals surface area (Å²) in [6.45, 7) is 12.3. The Labute approximate surface area is 134 Å². The van der Waals surface area contributed by atoms with Crippen LogP contribution in [0.1, 0.15) is 33.3 Å². The lowest BCUT2D eigenvalue weighted by atomic mass is 10.1. The van der Waals surface area contributed by atoms with Gasteiger partial charge in [-0.25, -0.2) is 0 Å². The van der Waals surface area contributed by atoms with E-state index < -0.39 is 0 Å². The molecule has 0 fully saturated rings. The van der Waals surface area contributed by atoms with E-state index in [-0.39, 0.29) is 12.3 Å². The summed E-state index contributed by atoms with van der Waals surface area (Å²) in [5.41, 5.74) is 8.06. The highest BCUT2D eigenvalue weighted by molar-refractivity contribution is 5.76. The van der Waals surface area contributed by atoms with Crippen LogP contribution in [0.5, 0.6) is 5.75 Å². The molecule has 1 amide bonds. The molecule has 0 atom stereocenters. The molecule has 3 heteroatoms. The zero-order valence-corrected chi connectivity index (χ0v) is 14.1. The van der Waals surface area contributed by atoms with Gasteiger partial charge in [-0.2, -0.15) is 0 Å². The third-order valence-electron chi connectivity index (χ3n) is 2.73. The van der Waals surface area contributed by atoms with Gasteiger partial charge in [0, 0.05) is 0 Å². The second kappa shape index (κ2) is 11.4. The molecule has 0 saturated carbocycles. The summed E-state index contributed by atoms with van der Waals surface area (Å²) in [7, 11) is 0. The van der Waals surface area contributed by atoms with Crippen LogP contribution in [-0.2, 0) is 11.2 Å². The van der Waals surface area contributed by atoms with Crippen LogP contribution in [0.3, 0.4) is 0 Å². The number of nitrogens with two attached hydrogens (primary N) is 1. The molecule has 0 unspecified atom stereocenters. The summed E-state index contributed by atoms with van der Waals surface area (Å²) >= 11 is 0. The van der Waals surface area contributed by atoms with Gasteiger partial charge in [-0.15, -0.1) is 0 Å². The van der Waals surface area contributed by atoms with Gasteiger partial charge in [0.15, 0.2) is 0 Å². The molecule has 2 N–H and O–H groups in total. The van der Waals surface area contributed by atoms with Crippen molar-refractivity contribution in [1.82, 2.24) is 0 Å². The monoisotopic (exact) mass is 301 g/mol. The lowest BCUT2D eigenvalue weighted by Gasteiger charge is -2.10. The Morgan fingerprint density at radius 3 is 2.32 bits per heavy atom. The molecular weight excluding hydrogens is 274 g/mol. The summed E-state index contributed by atoms with van der Waals surface area (Å²) < 4.78 is 5.71. The van der Waals surface area contributed by atoms with Gasteiger partial charge in [0.1, 0.15) is 12.4 Å². The minimum atomic E-state index is -0.336. The number of hydrogen-bond acceptors (Lipinski definition) is 2. The molecule has 120 valence electrons. The van der Waals surface area contributed by atoms with Crippen LogP contribution in [0, 0.1) is 0 Å². The number of benzene rings is 1. The second-order valence-corrected chi connectivity index (χ2v) is 4.57. The summed E-state index contributed by atoms with van der Waals surface area (Å²) in [6, 6.07) is 7.36. The third-order valence-corrected chi connectivity index (χ3v) is 2.73. The van der Waals surface area contributed by atoms with Crippen molar-refractivity contribution in [3.8, 4) is 5.75 Å². The molecular formula is C19H27NO2. The molecule has 0 spiro atoms. The van der Waals surface area contributed by atoms with E-state index in [2.05, 4.69) is 6.58 Å². The maximum atomic E-state index is 10.8. The van der Waals surface area contributed by atoms with Crippen molar-refractivity contribution in [2.75, 3.05) is 6.61 Å². The minimum Gasteiger partial charge on any atom is -0.489 e. The van der Waals surface area contributed by atoms with Crippen molar-refractivity contribution >= 4 is 5.91 Å². The van der Waals surface area contributed by atoms with Gasteiger partial charge in [-0.1, -0.05) is 56.4 Å². The molecule has 3 nitrogen and oxygen atoms in total. The van der Waals surface area contributed by atoms with E-state index in [1.807, 2.05) is 70.2 Å². The molecule has 0 saturated heterocycles. The SMILES string of the molecule is C=C(C)/C(=C\C=C/C)COc1ccc(CC(N)=O)cc1.CC. The van der Waals surface area contributed by atoms with Crippen LogP contribution in [0.2, 0.25) is 0 Å². The zero-order valence-electron chi connectivity index (χ0n) is 14.1. The maximum absolute atomic E-state index is 10.8. The van der Waals surface area contributed by atoms with Gasteiger partial charge >= 0.3 is 0 Å². The molecule has 0 heterocycles. The number of primary amides is 1. The Kier molecular flexibility index (Phi) is 10.2. The fraction of sp³-hybridized carbons (Fsp3) is 0.316. The van der Waals surface area contributed by atoms with Gasteiger partial charge in [-0.05, 0) is 37.1 Å². The van der Waals surface area contributed by atoms with Crippen molar-refractivity contribution in [3.63, 3.8) is 0 Å². The molecule has 0 aliphatic carbocycles. The standard InChI is InChI=1S/C17H21NO2.C2H6/c1-4-5-6-15(13(2)3)12-20-16-9-7-14(8-10-16)11-17(18)19;1-2/h4-10H,2,11-12H2,1,3H3,(H2,18,19);1-2H3/b5-4-,15-6-;. The van der Waals surface area contributed by atoms with Crippen LogP contribution in [0.4, 0.5) is 0 Å². The van der Waals surface area contributed by atoms with Crippen molar-refractivity contribution in [2.24, 2.45) is 5.73 Å². The number of carbonyl (C=O) groups excluding carboxylic acids is 1. The number of hydrogen-bond donors (Lipinski definition) is 1. The van der Waals surface area contributed by atoms with Crippen molar-refractivity contribution in [1.29, 1.82) is 0 Å². The molecule has 0 bridgehead atoms. The lowest BCUT2D eigenvalue weighted by Crippen LogP contribution is -2.13. The fourth-order valence-corrected chi connectivity index (χ4v) is 1.59. The first-order valence-electron chi connectivity index (χ1n) is 7.50. The van der Waals surface area contributed by atoms with E-state index in [4.69, 9.17) is 10.5 Å². The maximum Gasteiger partial charge on any atom is 0.221 e. The predicted molar refractivity (Wildman–Crippen MR) is 93.9 cm³/mol. The lowest BCUT2D eigenvalue weighted by molar-refractivity contribution is -0.117. The summed E-state index contributed by atoms with van der Waals surface area (Å²) in [4.78, 5) is 10.8. The van der Waals surface area contributed by atoms with Gasteiger partial charge in [0.2, 0.25) is 5.91 Å². The normalized spacial score (nSPS) is 10.8. The number of allylic oxidation sites excluding steroid dienone is 3. The highest BCUT2D eigenvalue weighted by Crippen LogP contribution is 2.15. The topological polar surface area (TPSA) is 52.3 Å². The van der Waals surface area contributed by atoms with E-state index in [1.54, 1.807) is 0 Å². The third kappa shape index (κ3) is 8.10. The van der Waals surface area contributed by atoms with Gasteiger partial charge in [-0.3, -0.25) is 4.79 Å². The largest absolute Gasteiger partial charge is 0.489 e.